The molecule has 2 aromatic heterocycles. The largest absolute Gasteiger partial charge is 0.382 e. The number of unbranched alkanes of at least 4 members (excludes halogenated alkanes) is 1. The van der Waals surface area contributed by atoms with E-state index >= 15 is 0 Å². The Bertz CT molecular complexity index is 2010. The van der Waals surface area contributed by atoms with E-state index < -0.39 is 17.3 Å². The van der Waals surface area contributed by atoms with Crippen LogP contribution in [-0.4, -0.2) is 92.9 Å². The van der Waals surface area contributed by atoms with Crippen molar-refractivity contribution in [1.29, 1.82) is 0 Å². The Morgan fingerprint density at radius 2 is 1.63 bits per heavy atom. The molecule has 5 N–H and O–H groups in total. The lowest BCUT2D eigenvalue weighted by molar-refractivity contribution is -0.145. The molecule has 5 amide bonds. The minimum atomic E-state index is -1.12. The molecule has 1 fully saturated rings. The third-order valence-corrected chi connectivity index (χ3v) is 10.1. The maximum Gasteiger partial charge on any atom is 0.316 e. The van der Waals surface area contributed by atoms with Crippen molar-refractivity contribution in [3.8, 4) is 0 Å². The summed E-state index contributed by atoms with van der Waals surface area (Å²) in [5, 5.41) is 11.1. The molecule has 0 radical (unpaired) electrons. The van der Waals surface area contributed by atoms with Crippen molar-refractivity contribution in [2.45, 2.75) is 110 Å². The Morgan fingerprint density at radius 3 is 2.35 bits per heavy atom. The molecule has 4 aromatic rings. The number of para-hydroxylation sites is 1. The predicted molar refractivity (Wildman–Crippen MR) is 220 cm³/mol. The fraction of sp³-hybridized carbons (Fsp3) is 0.524. The number of likely N-dealkylation sites (tertiary alicyclic amines) is 1. The van der Waals surface area contributed by atoms with Crippen LogP contribution >= 0.6 is 0 Å². The smallest absolute Gasteiger partial charge is 0.316 e. The summed E-state index contributed by atoms with van der Waals surface area (Å²) < 4.78 is 8.38. The Hall–Kier alpha value is -5.12. The Morgan fingerprint density at radius 1 is 0.930 bits per heavy atom. The zero-order valence-electron chi connectivity index (χ0n) is 34.3. The third-order valence-electron chi connectivity index (χ3n) is 10.1. The summed E-state index contributed by atoms with van der Waals surface area (Å²) in [6.07, 6.45) is 4.90. The maximum absolute atomic E-state index is 12.8. The number of carbonyl (C=O) groups is 4. The van der Waals surface area contributed by atoms with E-state index in [0.717, 1.165) is 63.1 Å². The molecule has 1 saturated heterocycles. The zero-order chi connectivity index (χ0) is 41.2. The van der Waals surface area contributed by atoms with Crippen LogP contribution in [0.3, 0.4) is 0 Å². The normalized spacial score (nSPS) is 13.6. The minimum Gasteiger partial charge on any atom is -0.382 e. The highest BCUT2D eigenvalue weighted by Gasteiger charge is 2.41. The van der Waals surface area contributed by atoms with E-state index in [4.69, 9.17) is 20.3 Å². The lowest BCUT2D eigenvalue weighted by Crippen LogP contribution is -2.60. The number of hydrogen-bond donors (Lipinski definition) is 4. The summed E-state index contributed by atoms with van der Waals surface area (Å²) >= 11 is 0. The molecule has 5 rings (SSSR count). The van der Waals surface area contributed by atoms with Crippen LogP contribution in [0.2, 0.25) is 0 Å². The van der Waals surface area contributed by atoms with E-state index in [1.165, 1.54) is 0 Å². The number of imidazole rings is 1. The van der Waals surface area contributed by atoms with Gasteiger partial charge in [0, 0.05) is 70.9 Å². The predicted octanol–water partition coefficient (Wildman–Crippen LogP) is 5.19. The van der Waals surface area contributed by atoms with Crippen molar-refractivity contribution in [2.75, 3.05) is 39.1 Å². The van der Waals surface area contributed by atoms with Crippen molar-refractivity contribution in [3.05, 3.63) is 65.5 Å². The number of ether oxygens (including phenoxy) is 1. The molecule has 15 heteroatoms. The van der Waals surface area contributed by atoms with Crippen LogP contribution in [0.1, 0.15) is 96.5 Å². The lowest BCUT2D eigenvalue weighted by atomic mass is 10.0. The van der Waals surface area contributed by atoms with E-state index in [0.29, 0.717) is 51.3 Å². The zero-order valence-corrected chi connectivity index (χ0v) is 34.3. The van der Waals surface area contributed by atoms with Crippen LogP contribution in [0.5, 0.6) is 0 Å². The topological polar surface area (TPSA) is 186 Å². The number of nitrogens with one attached hydrogen (secondary N) is 3. The van der Waals surface area contributed by atoms with Crippen molar-refractivity contribution >= 4 is 51.5 Å². The van der Waals surface area contributed by atoms with Gasteiger partial charge in [0.25, 0.3) is 0 Å². The quantitative estimate of drug-likeness (QED) is 0.0498. The number of nitrogens with two attached hydrogens (primary N) is 1. The second kappa shape index (κ2) is 19.4. The number of carbonyl (C=O) groups excluding carboxylic acids is 4. The van der Waals surface area contributed by atoms with E-state index in [9.17, 15) is 19.2 Å². The number of nitrogens with zero attached hydrogens (tertiary/aromatic N) is 5. The number of nitrogen functional groups attached to an aromatic ring is 1. The van der Waals surface area contributed by atoms with Gasteiger partial charge in [-0.15, -0.1) is 0 Å². The number of anilines is 1. The van der Waals surface area contributed by atoms with Crippen LogP contribution < -0.4 is 21.7 Å². The van der Waals surface area contributed by atoms with Crippen LogP contribution in [0.15, 0.2) is 48.5 Å². The van der Waals surface area contributed by atoms with Crippen LogP contribution in [-0.2, 0) is 43.5 Å². The van der Waals surface area contributed by atoms with Gasteiger partial charge in [-0.2, -0.15) is 5.06 Å². The number of pyridine rings is 1. The molecule has 15 nitrogen and oxygen atoms in total. The number of aryl methyl sites for hydroxylation is 1. The van der Waals surface area contributed by atoms with Gasteiger partial charge in [-0.25, -0.2) is 14.8 Å². The Labute approximate surface area is 335 Å². The second-order valence-electron chi connectivity index (χ2n) is 15.7. The lowest BCUT2D eigenvalue weighted by Gasteiger charge is -2.34. The summed E-state index contributed by atoms with van der Waals surface area (Å²) in [6.45, 7) is 12.0. The summed E-state index contributed by atoms with van der Waals surface area (Å²) in [5.41, 5.74) is 9.54. The highest BCUT2D eigenvalue weighted by molar-refractivity contribution is 6.06. The molecule has 0 aliphatic carbocycles. The Kier molecular flexibility index (Phi) is 14.6. The first-order chi connectivity index (χ1) is 27.2. The first kappa shape index (κ1) is 43.0. The molecule has 1 aliphatic heterocycles. The summed E-state index contributed by atoms with van der Waals surface area (Å²) in [5.74, 6) is 0.828. The summed E-state index contributed by atoms with van der Waals surface area (Å²) in [4.78, 5) is 65.5. The van der Waals surface area contributed by atoms with Gasteiger partial charge in [-0.3, -0.25) is 24.1 Å². The van der Waals surface area contributed by atoms with Crippen molar-refractivity contribution in [1.82, 2.24) is 40.4 Å². The van der Waals surface area contributed by atoms with Gasteiger partial charge >= 0.3 is 6.03 Å². The molecule has 0 unspecified atom stereocenters. The number of hydroxylamine groups is 2. The average Bonchev–Trinajstić information content (AvgIpc) is 3.72. The number of rotatable bonds is 21. The molecule has 2 aromatic carbocycles. The van der Waals surface area contributed by atoms with E-state index in [1.807, 2.05) is 32.0 Å². The standard InChI is InChI=1S/C42H59N9O6/c1-7-8-14-33-47-37-38(31-12-9-10-13-32(31)46-39(37)43)50(33)28-30-17-15-29(16-18-30)27-45-34(52)21-22-41(2,3)56-25-11-24-49(6)57-26-23-44-40(55)48-42(4,5)51-35(53)19-20-36(51)54/h9-10,12-13,15-18H,7-8,11,14,19-28H2,1-6H3,(H2,43,46)(H,45,52)(H2,44,48,55). The average molecular weight is 786 g/mol. The van der Waals surface area contributed by atoms with Gasteiger partial charge in [0.15, 0.2) is 5.82 Å². The fourth-order valence-corrected chi connectivity index (χ4v) is 6.97. The monoisotopic (exact) mass is 785 g/mol. The van der Waals surface area contributed by atoms with Gasteiger partial charge in [-0.05, 0) is 64.2 Å². The van der Waals surface area contributed by atoms with E-state index in [1.54, 1.807) is 26.0 Å². The molecular weight excluding hydrogens is 727 g/mol. The van der Waals surface area contributed by atoms with Crippen LogP contribution in [0.4, 0.5) is 10.6 Å². The molecule has 57 heavy (non-hydrogen) atoms. The number of urea groups is 1. The molecular formula is C42H59N9O6. The number of imide groups is 1. The number of benzene rings is 2. The van der Waals surface area contributed by atoms with Gasteiger partial charge in [0.2, 0.25) is 17.7 Å². The minimum absolute atomic E-state index is 0.0312. The van der Waals surface area contributed by atoms with Crippen LogP contribution in [0.25, 0.3) is 21.9 Å². The highest BCUT2D eigenvalue weighted by Crippen LogP contribution is 2.30. The molecule has 0 bridgehead atoms. The second-order valence-corrected chi connectivity index (χ2v) is 15.7. The van der Waals surface area contributed by atoms with Gasteiger partial charge < -0.3 is 31.0 Å². The number of amides is 5. The van der Waals surface area contributed by atoms with Crippen molar-refractivity contribution in [2.24, 2.45) is 0 Å². The molecule has 0 atom stereocenters. The number of hydrogen-bond acceptors (Lipinski definition) is 10. The number of aromatic nitrogens is 3. The van der Waals surface area contributed by atoms with Crippen molar-refractivity contribution in [3.63, 3.8) is 0 Å². The van der Waals surface area contributed by atoms with Gasteiger partial charge in [0.1, 0.15) is 17.0 Å². The maximum atomic E-state index is 12.8. The summed E-state index contributed by atoms with van der Waals surface area (Å²) in [6, 6.07) is 15.9. The van der Waals surface area contributed by atoms with E-state index in [2.05, 4.69) is 62.8 Å². The highest BCUT2D eigenvalue weighted by atomic mass is 16.7. The van der Waals surface area contributed by atoms with E-state index in [-0.39, 0.29) is 43.7 Å². The molecule has 1 aliphatic rings. The molecule has 3 heterocycles. The SMILES string of the molecule is CCCCc1nc2c(N)nc3ccccc3c2n1Cc1ccc(CNC(=O)CCC(C)(C)OCCCN(C)OCCNC(=O)NC(C)(C)N2C(=O)CCC2=O)cc1. The van der Waals surface area contributed by atoms with Crippen LogP contribution in [0, 0.1) is 0 Å². The van der Waals surface area contributed by atoms with Gasteiger partial charge in [0.05, 0.1) is 23.2 Å². The van der Waals surface area contributed by atoms with Gasteiger partial charge in [-0.1, -0.05) is 55.8 Å². The fourth-order valence-electron chi connectivity index (χ4n) is 6.97. The molecule has 0 saturated carbocycles. The first-order valence-electron chi connectivity index (χ1n) is 19.9. The Balaban J connectivity index is 0.983. The van der Waals surface area contributed by atoms with Crippen molar-refractivity contribution < 1.29 is 28.8 Å². The molecule has 0 spiro atoms. The summed E-state index contributed by atoms with van der Waals surface area (Å²) in [7, 11) is 1.80. The first-order valence-corrected chi connectivity index (χ1v) is 19.9. The number of fused-ring (bicyclic) bond motifs is 3. The molecule has 308 valence electrons. The third kappa shape index (κ3) is 11.7.